The number of benzene rings is 2. The minimum absolute atomic E-state index is 0.141. The predicted octanol–water partition coefficient (Wildman–Crippen LogP) is 3.84. The fourth-order valence-corrected chi connectivity index (χ4v) is 4.08. The summed E-state index contributed by atoms with van der Waals surface area (Å²) in [6, 6.07) is 12.1. The zero-order valence-corrected chi connectivity index (χ0v) is 16.1. The molecule has 0 saturated heterocycles. The van der Waals surface area contributed by atoms with Crippen LogP contribution in [0.4, 0.5) is 16.5 Å². The van der Waals surface area contributed by atoms with Crippen LogP contribution in [0.25, 0.3) is 21.1 Å². The molecule has 7 nitrogen and oxygen atoms in total. The molecule has 0 aliphatic heterocycles. The average Bonchev–Trinajstić information content (AvgIpc) is 3.27. The van der Waals surface area contributed by atoms with E-state index in [1.807, 2.05) is 42.1 Å². The smallest absolute Gasteiger partial charge is 0.395 e. The van der Waals surface area contributed by atoms with Gasteiger partial charge in [-0.05, 0) is 53.7 Å². The number of fused-ring (bicyclic) bond motifs is 2. The van der Waals surface area contributed by atoms with E-state index < -0.39 is 0 Å². The number of likely N-dealkylation sites (N-methyl/N-ethyl adjacent to an activating group) is 1. The van der Waals surface area contributed by atoms with Crippen LogP contribution in [0.3, 0.4) is 0 Å². The largest absolute Gasteiger partial charge is 0.409 e. The van der Waals surface area contributed by atoms with E-state index in [9.17, 15) is 0 Å². The topological polar surface area (TPSA) is 80.8 Å². The fraction of sp³-hybridized carbons (Fsp3) is 0.263. The third-order valence-electron chi connectivity index (χ3n) is 4.59. The van der Waals surface area contributed by atoms with Crippen molar-refractivity contribution >= 4 is 49.0 Å². The number of aromatic nitrogens is 3. The summed E-state index contributed by atoms with van der Waals surface area (Å²) in [6.45, 7) is 3.69. The monoisotopic (exact) mass is 381 g/mol. The molecule has 2 aromatic carbocycles. The Balaban J connectivity index is 1.59. The quantitative estimate of drug-likeness (QED) is 0.393. The number of hydrogen-bond donors (Lipinski definition) is 2. The van der Waals surface area contributed by atoms with Crippen LogP contribution >= 0.6 is 11.3 Å². The average molecular weight is 381 g/mol. The molecule has 0 radical (unpaired) electrons. The Morgan fingerprint density at radius 1 is 1.22 bits per heavy atom. The van der Waals surface area contributed by atoms with Gasteiger partial charge < -0.3 is 10.0 Å². The lowest BCUT2D eigenvalue weighted by Crippen LogP contribution is -2.25. The maximum atomic E-state index is 9.15. The predicted molar refractivity (Wildman–Crippen MR) is 108 cm³/mol. The van der Waals surface area contributed by atoms with Crippen LogP contribution in [-0.4, -0.2) is 35.0 Å². The highest BCUT2D eigenvalue weighted by Crippen LogP contribution is 2.30. The number of aromatic amines is 1. The second-order valence-electron chi connectivity index (χ2n) is 6.24. The Hall–Kier alpha value is -2.84. The van der Waals surface area contributed by atoms with Crippen LogP contribution in [0.1, 0.15) is 6.92 Å². The molecule has 0 fully saturated rings. The van der Waals surface area contributed by atoms with Crippen molar-refractivity contribution < 1.29 is 9.67 Å². The van der Waals surface area contributed by atoms with Crippen LogP contribution < -0.4 is 9.47 Å². The lowest BCUT2D eigenvalue weighted by molar-refractivity contribution is -0.627. The number of nitrogens with zero attached hydrogens (tertiary/aromatic N) is 5. The van der Waals surface area contributed by atoms with Gasteiger partial charge in [0.2, 0.25) is 0 Å². The van der Waals surface area contributed by atoms with E-state index in [4.69, 9.17) is 5.11 Å². The van der Waals surface area contributed by atoms with E-state index in [1.165, 1.54) is 0 Å². The van der Waals surface area contributed by atoms with E-state index in [0.717, 1.165) is 44.2 Å². The third-order valence-corrected chi connectivity index (χ3v) is 5.67. The number of aliphatic hydroxyl groups excluding tert-OH is 1. The van der Waals surface area contributed by atoms with Crippen LogP contribution in [0.15, 0.2) is 52.8 Å². The van der Waals surface area contributed by atoms with Gasteiger partial charge in [0.05, 0.1) is 35.2 Å². The molecule has 0 unspecified atom stereocenters. The van der Waals surface area contributed by atoms with Gasteiger partial charge in [0.15, 0.2) is 0 Å². The Kier molecular flexibility index (Phi) is 4.83. The molecule has 0 atom stereocenters. The zero-order valence-electron chi connectivity index (χ0n) is 15.3. The number of thiazole rings is 1. The van der Waals surface area contributed by atoms with Crippen molar-refractivity contribution in [3.63, 3.8) is 0 Å². The van der Waals surface area contributed by atoms with Gasteiger partial charge in [0, 0.05) is 30.2 Å². The van der Waals surface area contributed by atoms with Gasteiger partial charge in [-0.1, -0.05) is 0 Å². The molecule has 4 rings (SSSR count). The van der Waals surface area contributed by atoms with E-state index in [2.05, 4.69) is 44.4 Å². The molecule has 0 amide bonds. The van der Waals surface area contributed by atoms with Crippen molar-refractivity contribution in [3.05, 3.63) is 42.6 Å². The molecule has 2 heterocycles. The summed E-state index contributed by atoms with van der Waals surface area (Å²) in [4.78, 5) is 2.11. The molecule has 0 aliphatic rings. The standard InChI is InChI=1S/C19H21N6OS/c1-3-25(8-9-26)15-6-4-14(5-7-15)21-23-19-24(2)17-11-16-13(12-20-22-16)10-18(17)27-19/h4-7,10-12,26H,3,8-9H2,1-2H3,(H,20,22)/q+1. The summed E-state index contributed by atoms with van der Waals surface area (Å²) in [5.74, 6) is 0. The molecule has 0 saturated carbocycles. The van der Waals surface area contributed by atoms with Crippen LogP contribution in [-0.2, 0) is 7.05 Å². The normalized spacial score (nSPS) is 11.8. The Bertz CT molecular complexity index is 1100. The van der Waals surface area contributed by atoms with Gasteiger partial charge in [0.25, 0.3) is 0 Å². The summed E-state index contributed by atoms with van der Waals surface area (Å²) in [6.07, 6.45) is 1.83. The lowest BCUT2D eigenvalue weighted by Gasteiger charge is -2.21. The number of aliphatic hydroxyl groups is 1. The Morgan fingerprint density at radius 2 is 2.04 bits per heavy atom. The SMILES string of the molecule is CCN(CCO)c1ccc(N=Nc2sc3cc4cn[nH]c4cc3[n+]2C)cc1. The first-order valence-electron chi connectivity index (χ1n) is 8.83. The van der Waals surface area contributed by atoms with Crippen molar-refractivity contribution in [2.45, 2.75) is 6.92 Å². The molecule has 0 spiro atoms. The molecule has 0 aliphatic carbocycles. The number of aryl methyl sites for hydroxylation is 1. The highest BCUT2D eigenvalue weighted by Gasteiger charge is 2.17. The molecular weight excluding hydrogens is 360 g/mol. The highest BCUT2D eigenvalue weighted by molar-refractivity contribution is 7.21. The third kappa shape index (κ3) is 3.41. The molecule has 4 aromatic rings. The van der Waals surface area contributed by atoms with E-state index in [1.54, 1.807) is 11.3 Å². The molecule has 2 aromatic heterocycles. The van der Waals surface area contributed by atoms with Gasteiger partial charge in [-0.25, -0.2) is 4.57 Å². The number of azo groups is 1. The molecule has 27 heavy (non-hydrogen) atoms. The first-order chi connectivity index (χ1) is 13.2. The molecule has 138 valence electrons. The Labute approximate surface area is 160 Å². The van der Waals surface area contributed by atoms with Crippen molar-refractivity contribution in [1.29, 1.82) is 0 Å². The highest BCUT2D eigenvalue weighted by atomic mass is 32.1. The van der Waals surface area contributed by atoms with Gasteiger partial charge in [-0.2, -0.15) is 5.10 Å². The number of rotatable bonds is 6. The summed E-state index contributed by atoms with van der Waals surface area (Å²) in [5.41, 5.74) is 3.98. The molecule has 2 N–H and O–H groups in total. The second-order valence-corrected chi connectivity index (χ2v) is 7.25. The van der Waals surface area contributed by atoms with Crippen LogP contribution in [0, 0.1) is 0 Å². The molecule has 8 heteroatoms. The van der Waals surface area contributed by atoms with Crippen molar-refractivity contribution in [2.24, 2.45) is 17.3 Å². The van der Waals surface area contributed by atoms with Crippen molar-refractivity contribution in [2.75, 3.05) is 24.6 Å². The van der Waals surface area contributed by atoms with Gasteiger partial charge in [-0.3, -0.25) is 5.10 Å². The summed E-state index contributed by atoms with van der Waals surface area (Å²) < 4.78 is 3.19. The molecular formula is C19H21N6OS+. The number of anilines is 1. The first kappa shape index (κ1) is 17.6. The first-order valence-corrected chi connectivity index (χ1v) is 9.64. The van der Waals surface area contributed by atoms with E-state index >= 15 is 0 Å². The van der Waals surface area contributed by atoms with Crippen molar-refractivity contribution in [1.82, 2.24) is 10.2 Å². The Morgan fingerprint density at radius 3 is 2.78 bits per heavy atom. The van der Waals surface area contributed by atoms with E-state index in [-0.39, 0.29) is 6.61 Å². The van der Waals surface area contributed by atoms with Crippen LogP contribution in [0.2, 0.25) is 0 Å². The number of nitrogens with one attached hydrogen (secondary N) is 1. The maximum absolute atomic E-state index is 9.15. The van der Waals surface area contributed by atoms with Crippen molar-refractivity contribution in [3.8, 4) is 0 Å². The van der Waals surface area contributed by atoms with E-state index in [0.29, 0.717) is 6.54 Å². The van der Waals surface area contributed by atoms with Gasteiger partial charge >= 0.3 is 5.13 Å². The summed E-state index contributed by atoms with van der Waals surface area (Å²) >= 11 is 1.60. The van der Waals surface area contributed by atoms with Gasteiger partial charge in [-0.15, -0.1) is 0 Å². The lowest BCUT2D eigenvalue weighted by atomic mass is 10.2. The van der Waals surface area contributed by atoms with Gasteiger partial charge in [0.1, 0.15) is 11.2 Å². The second kappa shape index (κ2) is 7.42. The summed E-state index contributed by atoms with van der Waals surface area (Å²) in [7, 11) is 1.99. The minimum atomic E-state index is 0.141. The zero-order chi connectivity index (χ0) is 18.8. The fourth-order valence-electron chi connectivity index (χ4n) is 3.08. The minimum Gasteiger partial charge on any atom is -0.395 e. The van der Waals surface area contributed by atoms with Crippen LogP contribution in [0.5, 0.6) is 0 Å². The number of H-pyrrole nitrogens is 1. The molecule has 0 bridgehead atoms. The summed E-state index contributed by atoms with van der Waals surface area (Å²) in [5, 5.41) is 27.0. The maximum Gasteiger partial charge on any atom is 0.409 e. The number of hydrogen-bond acceptors (Lipinski definition) is 6.